The van der Waals surface area contributed by atoms with Gasteiger partial charge in [-0.15, -0.1) is 0 Å². The molecule has 20 heavy (non-hydrogen) atoms. The summed E-state index contributed by atoms with van der Waals surface area (Å²) in [4.78, 5) is 16.6. The summed E-state index contributed by atoms with van der Waals surface area (Å²) in [7, 11) is 4.05. The van der Waals surface area contributed by atoms with E-state index in [2.05, 4.69) is 11.8 Å². The Labute approximate surface area is 129 Å². The second kappa shape index (κ2) is 5.80. The van der Waals surface area contributed by atoms with Crippen molar-refractivity contribution >= 4 is 34.8 Å². The minimum atomic E-state index is -0.111. The number of amides is 1. The zero-order chi connectivity index (χ0) is 15.0. The zero-order valence-electron chi connectivity index (χ0n) is 11.9. The molecule has 1 heterocycles. The first-order valence-corrected chi connectivity index (χ1v) is 7.27. The van der Waals surface area contributed by atoms with Gasteiger partial charge in [-0.2, -0.15) is 0 Å². The van der Waals surface area contributed by atoms with Crippen LogP contribution in [0.4, 0.5) is 5.69 Å². The Morgan fingerprint density at radius 1 is 1.35 bits per heavy atom. The van der Waals surface area contributed by atoms with Gasteiger partial charge in [0.25, 0.3) is 5.91 Å². The standard InChI is InChI=1S/C14H19Cl2N3O/c1-8-6-19(7-12(8)18(2)3)14(20)10-4-9(17)5-11(15)13(10)16/h4-5,8,12H,6-7,17H2,1-3H3. The summed E-state index contributed by atoms with van der Waals surface area (Å²) < 4.78 is 0. The summed E-state index contributed by atoms with van der Waals surface area (Å²) in [6, 6.07) is 3.49. The number of benzene rings is 1. The topological polar surface area (TPSA) is 49.6 Å². The molecule has 0 aliphatic carbocycles. The third kappa shape index (κ3) is 2.87. The molecule has 1 saturated heterocycles. The number of rotatable bonds is 2. The van der Waals surface area contributed by atoms with Crippen LogP contribution in [0.25, 0.3) is 0 Å². The Morgan fingerprint density at radius 2 is 2.00 bits per heavy atom. The summed E-state index contributed by atoms with van der Waals surface area (Å²) in [5.74, 6) is 0.310. The molecule has 1 aliphatic rings. The van der Waals surface area contributed by atoms with Crippen molar-refractivity contribution in [2.75, 3.05) is 32.9 Å². The smallest absolute Gasteiger partial charge is 0.255 e. The van der Waals surface area contributed by atoms with Crippen LogP contribution in [-0.4, -0.2) is 48.9 Å². The van der Waals surface area contributed by atoms with E-state index in [1.165, 1.54) is 0 Å². The Balaban J connectivity index is 2.25. The van der Waals surface area contributed by atoms with E-state index in [4.69, 9.17) is 28.9 Å². The minimum absolute atomic E-state index is 0.111. The van der Waals surface area contributed by atoms with Crippen molar-refractivity contribution in [3.05, 3.63) is 27.7 Å². The Bertz CT molecular complexity index is 533. The number of anilines is 1. The highest BCUT2D eigenvalue weighted by Gasteiger charge is 2.34. The van der Waals surface area contributed by atoms with Crippen LogP contribution in [0.5, 0.6) is 0 Å². The second-order valence-electron chi connectivity index (χ2n) is 5.58. The maximum atomic E-state index is 12.6. The van der Waals surface area contributed by atoms with Crippen molar-refractivity contribution in [3.63, 3.8) is 0 Å². The molecule has 0 aromatic heterocycles. The van der Waals surface area contributed by atoms with E-state index in [-0.39, 0.29) is 10.9 Å². The average molecular weight is 316 g/mol. The third-order valence-electron chi connectivity index (χ3n) is 3.80. The van der Waals surface area contributed by atoms with E-state index in [1.54, 1.807) is 12.1 Å². The second-order valence-corrected chi connectivity index (χ2v) is 6.37. The summed E-state index contributed by atoms with van der Waals surface area (Å²) in [6.45, 7) is 3.55. The van der Waals surface area contributed by atoms with Gasteiger partial charge in [0, 0.05) is 24.8 Å². The SMILES string of the molecule is CC1CN(C(=O)c2cc(N)cc(Cl)c2Cl)CC1N(C)C. The van der Waals surface area contributed by atoms with Crippen LogP contribution in [0.2, 0.25) is 10.0 Å². The van der Waals surface area contributed by atoms with Crippen LogP contribution in [0.3, 0.4) is 0 Å². The van der Waals surface area contributed by atoms with Crippen molar-refractivity contribution in [2.24, 2.45) is 5.92 Å². The van der Waals surface area contributed by atoms with Gasteiger partial charge >= 0.3 is 0 Å². The number of nitrogens with two attached hydrogens (primary N) is 1. The van der Waals surface area contributed by atoms with Crippen molar-refractivity contribution in [2.45, 2.75) is 13.0 Å². The van der Waals surface area contributed by atoms with Gasteiger partial charge in [-0.05, 0) is 32.1 Å². The zero-order valence-corrected chi connectivity index (χ0v) is 13.4. The number of carbonyl (C=O) groups excluding carboxylic acids is 1. The molecule has 6 heteroatoms. The Kier molecular flexibility index (Phi) is 4.47. The highest BCUT2D eigenvalue weighted by atomic mass is 35.5. The number of nitrogen functional groups attached to an aromatic ring is 1. The number of halogens is 2. The molecule has 2 atom stereocenters. The minimum Gasteiger partial charge on any atom is -0.399 e. The molecule has 110 valence electrons. The predicted octanol–water partition coefficient (Wildman–Crippen LogP) is 2.60. The normalized spacial score (nSPS) is 22.6. The fourth-order valence-corrected chi connectivity index (χ4v) is 3.14. The van der Waals surface area contributed by atoms with Crippen LogP contribution in [-0.2, 0) is 0 Å². The van der Waals surface area contributed by atoms with Gasteiger partial charge in [0.15, 0.2) is 0 Å². The number of likely N-dealkylation sites (N-methyl/N-ethyl adjacent to an activating group) is 1. The molecule has 1 amide bonds. The van der Waals surface area contributed by atoms with Gasteiger partial charge in [0.1, 0.15) is 0 Å². The summed E-state index contributed by atoms with van der Waals surface area (Å²) >= 11 is 12.1. The summed E-state index contributed by atoms with van der Waals surface area (Å²) in [5, 5.41) is 0.582. The number of hydrogen-bond donors (Lipinski definition) is 1. The lowest BCUT2D eigenvalue weighted by Crippen LogP contribution is -2.35. The molecule has 0 spiro atoms. The number of carbonyl (C=O) groups is 1. The average Bonchev–Trinajstić information content (AvgIpc) is 2.75. The van der Waals surface area contributed by atoms with Crippen LogP contribution in [0.1, 0.15) is 17.3 Å². The third-order valence-corrected chi connectivity index (χ3v) is 4.61. The fourth-order valence-electron chi connectivity index (χ4n) is 2.72. The molecular weight excluding hydrogens is 297 g/mol. The van der Waals surface area contributed by atoms with Crippen LogP contribution in [0, 0.1) is 5.92 Å². The van der Waals surface area contributed by atoms with Crippen molar-refractivity contribution in [1.29, 1.82) is 0 Å². The monoisotopic (exact) mass is 315 g/mol. The van der Waals surface area contributed by atoms with E-state index in [0.29, 0.717) is 41.3 Å². The van der Waals surface area contributed by atoms with Crippen molar-refractivity contribution in [3.8, 4) is 0 Å². The molecule has 1 fully saturated rings. The van der Waals surface area contributed by atoms with Gasteiger partial charge < -0.3 is 15.5 Å². The van der Waals surface area contributed by atoms with Crippen LogP contribution >= 0.6 is 23.2 Å². The molecule has 2 rings (SSSR count). The van der Waals surface area contributed by atoms with E-state index in [0.717, 1.165) is 0 Å². The molecule has 0 bridgehead atoms. The van der Waals surface area contributed by atoms with Gasteiger partial charge in [0.2, 0.25) is 0 Å². The first-order chi connectivity index (χ1) is 9.31. The maximum absolute atomic E-state index is 12.6. The molecular formula is C14H19Cl2N3O. The van der Waals surface area contributed by atoms with Gasteiger partial charge in [-0.1, -0.05) is 30.1 Å². The molecule has 0 radical (unpaired) electrons. The van der Waals surface area contributed by atoms with Crippen molar-refractivity contribution < 1.29 is 4.79 Å². The van der Waals surface area contributed by atoms with E-state index in [9.17, 15) is 4.79 Å². The first-order valence-electron chi connectivity index (χ1n) is 6.51. The lowest BCUT2D eigenvalue weighted by Gasteiger charge is -2.22. The molecule has 2 unspecified atom stereocenters. The lowest BCUT2D eigenvalue weighted by atomic mass is 10.1. The summed E-state index contributed by atoms with van der Waals surface area (Å²) in [5.41, 5.74) is 6.57. The van der Waals surface area contributed by atoms with Gasteiger partial charge in [-0.3, -0.25) is 4.79 Å². The summed E-state index contributed by atoms with van der Waals surface area (Å²) in [6.07, 6.45) is 0. The van der Waals surface area contributed by atoms with Gasteiger partial charge in [0.05, 0.1) is 15.6 Å². The molecule has 0 saturated carbocycles. The predicted molar refractivity (Wildman–Crippen MR) is 83.4 cm³/mol. The molecule has 1 aromatic carbocycles. The lowest BCUT2D eigenvalue weighted by molar-refractivity contribution is 0.0781. The Morgan fingerprint density at radius 3 is 2.55 bits per heavy atom. The van der Waals surface area contributed by atoms with Crippen LogP contribution in [0.15, 0.2) is 12.1 Å². The maximum Gasteiger partial charge on any atom is 0.255 e. The molecule has 1 aromatic rings. The molecule has 1 aliphatic heterocycles. The van der Waals surface area contributed by atoms with E-state index >= 15 is 0 Å². The molecule has 4 nitrogen and oxygen atoms in total. The molecule has 2 N–H and O–H groups in total. The van der Waals surface area contributed by atoms with Crippen LogP contribution < -0.4 is 5.73 Å². The number of likely N-dealkylation sites (tertiary alicyclic amines) is 1. The van der Waals surface area contributed by atoms with Crippen molar-refractivity contribution in [1.82, 2.24) is 9.80 Å². The highest BCUT2D eigenvalue weighted by molar-refractivity contribution is 6.44. The number of nitrogens with zero attached hydrogens (tertiary/aromatic N) is 2. The van der Waals surface area contributed by atoms with Gasteiger partial charge in [-0.25, -0.2) is 0 Å². The quantitative estimate of drug-likeness (QED) is 0.853. The number of hydrogen-bond acceptors (Lipinski definition) is 3. The fraction of sp³-hybridized carbons (Fsp3) is 0.500. The van der Waals surface area contributed by atoms with E-state index < -0.39 is 0 Å². The highest BCUT2D eigenvalue weighted by Crippen LogP contribution is 2.31. The van der Waals surface area contributed by atoms with E-state index in [1.807, 2.05) is 19.0 Å². The first kappa shape index (κ1) is 15.4. The Hall–Kier alpha value is -0.970. The largest absolute Gasteiger partial charge is 0.399 e.